The zero-order chi connectivity index (χ0) is 19.9. The minimum atomic E-state index is -4.48. The maximum absolute atomic E-state index is 12.5. The van der Waals surface area contributed by atoms with E-state index in [0.29, 0.717) is 0 Å². The summed E-state index contributed by atoms with van der Waals surface area (Å²) in [6, 6.07) is 12.8. The summed E-state index contributed by atoms with van der Waals surface area (Å²) in [7, 11) is 0. The predicted molar refractivity (Wildman–Crippen MR) is 94.0 cm³/mol. The van der Waals surface area contributed by atoms with E-state index in [4.69, 9.17) is 4.74 Å². The summed E-state index contributed by atoms with van der Waals surface area (Å²) in [4.78, 5) is 24.0. The first-order valence-corrected chi connectivity index (χ1v) is 8.50. The smallest absolute Gasteiger partial charge is 0.416 e. The van der Waals surface area contributed by atoms with Gasteiger partial charge in [0.25, 0.3) is 5.91 Å². The molecule has 0 aliphatic heterocycles. The topological polar surface area (TPSA) is 55.4 Å². The van der Waals surface area contributed by atoms with Gasteiger partial charge < -0.3 is 10.1 Å². The number of hydrogen-bond acceptors (Lipinski definition) is 3. The molecule has 0 spiro atoms. The van der Waals surface area contributed by atoms with E-state index in [1.807, 2.05) is 37.3 Å². The number of rotatable bonds is 7. The van der Waals surface area contributed by atoms with Gasteiger partial charge in [-0.15, -0.1) is 0 Å². The van der Waals surface area contributed by atoms with Gasteiger partial charge in [0.2, 0.25) is 0 Å². The summed E-state index contributed by atoms with van der Waals surface area (Å²) in [5.41, 5.74) is 0.0350. The molecular formula is C20H20F3NO3. The van der Waals surface area contributed by atoms with Crippen LogP contribution in [0.25, 0.3) is 0 Å². The lowest BCUT2D eigenvalue weighted by atomic mass is 10.0. The third-order valence-electron chi connectivity index (χ3n) is 3.90. The molecule has 0 bridgehead atoms. The number of alkyl halides is 3. The van der Waals surface area contributed by atoms with E-state index in [1.165, 1.54) is 0 Å². The van der Waals surface area contributed by atoms with Crippen LogP contribution in [0.1, 0.15) is 47.3 Å². The van der Waals surface area contributed by atoms with Gasteiger partial charge in [0, 0.05) is 0 Å². The van der Waals surface area contributed by atoms with Crippen LogP contribution in [0.5, 0.6) is 0 Å². The third-order valence-corrected chi connectivity index (χ3v) is 3.90. The summed E-state index contributed by atoms with van der Waals surface area (Å²) in [6.45, 7) is 1.49. The molecule has 2 aromatic rings. The van der Waals surface area contributed by atoms with E-state index in [1.54, 1.807) is 0 Å². The third kappa shape index (κ3) is 6.13. The van der Waals surface area contributed by atoms with E-state index in [-0.39, 0.29) is 11.6 Å². The fourth-order valence-electron chi connectivity index (χ4n) is 2.54. The minimum absolute atomic E-state index is 0.0519. The van der Waals surface area contributed by atoms with Crippen molar-refractivity contribution >= 4 is 11.9 Å². The van der Waals surface area contributed by atoms with Crippen molar-refractivity contribution in [2.45, 2.75) is 32.0 Å². The van der Waals surface area contributed by atoms with Crippen molar-refractivity contribution in [3.63, 3.8) is 0 Å². The maximum atomic E-state index is 12.5. The van der Waals surface area contributed by atoms with Crippen LogP contribution in [0.2, 0.25) is 0 Å². The van der Waals surface area contributed by atoms with Gasteiger partial charge in [0.15, 0.2) is 6.61 Å². The van der Waals surface area contributed by atoms with Crippen molar-refractivity contribution in [1.82, 2.24) is 5.32 Å². The minimum Gasteiger partial charge on any atom is -0.452 e. The van der Waals surface area contributed by atoms with Gasteiger partial charge in [-0.25, -0.2) is 4.79 Å². The van der Waals surface area contributed by atoms with Crippen LogP contribution >= 0.6 is 0 Å². The van der Waals surface area contributed by atoms with E-state index in [0.717, 1.165) is 42.7 Å². The molecule has 1 amide bonds. The largest absolute Gasteiger partial charge is 0.452 e. The van der Waals surface area contributed by atoms with Gasteiger partial charge in [-0.3, -0.25) is 4.79 Å². The number of hydrogen-bond donors (Lipinski definition) is 1. The zero-order valence-corrected chi connectivity index (χ0v) is 14.8. The SMILES string of the molecule is CCC[C@@H](NC(=O)COC(=O)c1ccc(C(F)(F)F)cc1)c1ccccc1. The molecule has 0 heterocycles. The summed E-state index contributed by atoms with van der Waals surface area (Å²) < 4.78 is 42.5. The Kier molecular flexibility index (Phi) is 6.98. The van der Waals surface area contributed by atoms with E-state index >= 15 is 0 Å². The molecule has 0 radical (unpaired) electrons. The van der Waals surface area contributed by atoms with Crippen LogP contribution in [0.4, 0.5) is 13.2 Å². The Hall–Kier alpha value is -2.83. The normalized spacial score (nSPS) is 12.3. The highest BCUT2D eigenvalue weighted by Crippen LogP contribution is 2.29. The fourth-order valence-corrected chi connectivity index (χ4v) is 2.54. The quantitative estimate of drug-likeness (QED) is 0.720. The van der Waals surface area contributed by atoms with Crippen LogP contribution in [-0.4, -0.2) is 18.5 Å². The highest BCUT2D eigenvalue weighted by molar-refractivity contribution is 5.91. The molecule has 0 fully saturated rings. The molecule has 4 nitrogen and oxygen atoms in total. The number of esters is 1. The molecular weight excluding hydrogens is 359 g/mol. The van der Waals surface area contributed by atoms with Gasteiger partial charge in [-0.2, -0.15) is 13.2 Å². The van der Waals surface area contributed by atoms with Gasteiger partial charge in [-0.1, -0.05) is 43.7 Å². The molecule has 1 N–H and O–H groups in total. The lowest BCUT2D eigenvalue weighted by Crippen LogP contribution is -2.32. The van der Waals surface area contributed by atoms with Crippen molar-refractivity contribution in [2.24, 2.45) is 0 Å². The lowest BCUT2D eigenvalue weighted by Gasteiger charge is -2.18. The Morgan fingerprint density at radius 3 is 2.22 bits per heavy atom. The van der Waals surface area contributed by atoms with Gasteiger partial charge in [0.1, 0.15) is 0 Å². The van der Waals surface area contributed by atoms with Crippen LogP contribution < -0.4 is 5.32 Å². The first-order valence-electron chi connectivity index (χ1n) is 8.50. The number of nitrogens with one attached hydrogen (secondary N) is 1. The highest BCUT2D eigenvalue weighted by Gasteiger charge is 2.30. The van der Waals surface area contributed by atoms with Crippen molar-refractivity contribution in [1.29, 1.82) is 0 Å². The highest BCUT2D eigenvalue weighted by atomic mass is 19.4. The predicted octanol–water partition coefficient (Wildman–Crippen LogP) is 4.52. The first kappa shape index (κ1) is 20.5. The van der Waals surface area contributed by atoms with Crippen LogP contribution in [-0.2, 0) is 15.7 Å². The van der Waals surface area contributed by atoms with Gasteiger partial charge >= 0.3 is 12.1 Å². The van der Waals surface area contributed by atoms with E-state index in [2.05, 4.69) is 5.32 Å². The number of carbonyl (C=O) groups is 2. The second kappa shape index (κ2) is 9.21. The van der Waals surface area contributed by atoms with Crippen LogP contribution in [0.3, 0.4) is 0 Å². The Morgan fingerprint density at radius 1 is 1.04 bits per heavy atom. The molecule has 144 valence electrons. The standard InChI is InChI=1S/C20H20F3NO3/c1-2-6-17(14-7-4-3-5-8-14)24-18(25)13-27-19(26)15-9-11-16(12-10-15)20(21,22)23/h3-5,7-12,17H,2,6,13H2,1H3,(H,24,25)/t17-/m1/s1. The summed E-state index contributed by atoms with van der Waals surface area (Å²) in [5.74, 6) is -1.33. The summed E-state index contributed by atoms with van der Waals surface area (Å²) in [6.07, 6.45) is -2.90. The van der Waals surface area contributed by atoms with Crippen molar-refractivity contribution < 1.29 is 27.5 Å². The zero-order valence-electron chi connectivity index (χ0n) is 14.8. The summed E-state index contributed by atoms with van der Waals surface area (Å²) >= 11 is 0. The number of ether oxygens (including phenoxy) is 1. The van der Waals surface area contributed by atoms with Crippen LogP contribution in [0.15, 0.2) is 54.6 Å². The molecule has 27 heavy (non-hydrogen) atoms. The molecule has 0 unspecified atom stereocenters. The average molecular weight is 379 g/mol. The molecule has 0 saturated heterocycles. The van der Waals surface area contributed by atoms with Gasteiger partial charge in [0.05, 0.1) is 17.2 Å². The molecule has 0 aliphatic rings. The number of carbonyl (C=O) groups excluding carboxylic acids is 2. The number of amides is 1. The Bertz CT molecular complexity index is 758. The monoisotopic (exact) mass is 379 g/mol. The number of benzene rings is 2. The second-order valence-corrected chi connectivity index (χ2v) is 5.97. The Balaban J connectivity index is 1.91. The fraction of sp³-hybridized carbons (Fsp3) is 0.300. The van der Waals surface area contributed by atoms with Crippen LogP contribution in [0, 0.1) is 0 Å². The summed E-state index contributed by atoms with van der Waals surface area (Å²) in [5, 5.41) is 2.81. The molecule has 7 heteroatoms. The molecule has 0 saturated carbocycles. The maximum Gasteiger partial charge on any atom is 0.416 e. The Morgan fingerprint density at radius 2 is 1.67 bits per heavy atom. The van der Waals surface area contributed by atoms with E-state index < -0.39 is 30.2 Å². The first-order chi connectivity index (χ1) is 12.8. The average Bonchev–Trinajstić information content (AvgIpc) is 2.66. The van der Waals surface area contributed by atoms with Crippen molar-refractivity contribution in [2.75, 3.05) is 6.61 Å². The van der Waals surface area contributed by atoms with Crippen molar-refractivity contribution in [3.8, 4) is 0 Å². The Labute approximate surface area is 155 Å². The van der Waals surface area contributed by atoms with E-state index in [9.17, 15) is 22.8 Å². The molecule has 2 aromatic carbocycles. The molecule has 2 rings (SSSR count). The molecule has 0 aliphatic carbocycles. The van der Waals surface area contributed by atoms with Gasteiger partial charge in [-0.05, 0) is 36.2 Å². The molecule has 0 aromatic heterocycles. The lowest BCUT2D eigenvalue weighted by molar-refractivity contribution is -0.137. The van der Waals surface area contributed by atoms with Crippen molar-refractivity contribution in [3.05, 3.63) is 71.3 Å². The number of halogens is 3. The molecule has 1 atom stereocenters. The second-order valence-electron chi connectivity index (χ2n) is 5.97.